The Labute approximate surface area is 94.5 Å². The highest BCUT2D eigenvalue weighted by molar-refractivity contribution is 5.57. The van der Waals surface area contributed by atoms with Crippen molar-refractivity contribution in [2.24, 2.45) is 0 Å². The lowest BCUT2D eigenvalue weighted by Crippen LogP contribution is -2.03. The molecule has 1 aromatic heterocycles. The van der Waals surface area contributed by atoms with E-state index in [1.165, 1.54) is 0 Å². The summed E-state index contributed by atoms with van der Waals surface area (Å²) in [5.41, 5.74) is 9.58. The maximum absolute atomic E-state index is 5.68. The van der Waals surface area contributed by atoms with Gasteiger partial charge in [-0.15, -0.1) is 0 Å². The second kappa shape index (κ2) is 4.61. The predicted molar refractivity (Wildman–Crippen MR) is 65.0 cm³/mol. The minimum atomic E-state index is 0.665. The number of nitrogens with one attached hydrogen (secondary N) is 1. The zero-order valence-electron chi connectivity index (χ0n) is 9.14. The molecule has 3 N–H and O–H groups in total. The molecule has 2 aromatic rings. The number of benzene rings is 1. The number of hydrogen-bond acceptors (Lipinski definition) is 4. The Balaban J connectivity index is 2.05. The SMILES string of the molecule is Cc1cc(N)ccc1NCc1cccnn1. The van der Waals surface area contributed by atoms with Crippen LogP contribution in [0.4, 0.5) is 11.4 Å². The van der Waals surface area contributed by atoms with Crippen molar-refractivity contribution in [3.05, 3.63) is 47.8 Å². The predicted octanol–water partition coefficient (Wildman–Crippen LogP) is 1.98. The van der Waals surface area contributed by atoms with E-state index >= 15 is 0 Å². The second-order valence-corrected chi connectivity index (χ2v) is 3.64. The van der Waals surface area contributed by atoms with Crippen LogP contribution < -0.4 is 11.1 Å². The topological polar surface area (TPSA) is 63.8 Å². The molecule has 0 spiro atoms. The van der Waals surface area contributed by atoms with Crippen molar-refractivity contribution in [3.63, 3.8) is 0 Å². The van der Waals surface area contributed by atoms with Gasteiger partial charge in [-0.25, -0.2) is 0 Å². The quantitative estimate of drug-likeness (QED) is 0.767. The third-order valence-corrected chi connectivity index (χ3v) is 2.34. The number of anilines is 2. The van der Waals surface area contributed by atoms with Gasteiger partial charge in [-0.05, 0) is 42.8 Å². The number of nitrogen functional groups attached to an aromatic ring is 1. The van der Waals surface area contributed by atoms with Crippen molar-refractivity contribution < 1.29 is 0 Å². The number of nitrogens with zero attached hydrogens (tertiary/aromatic N) is 2. The minimum absolute atomic E-state index is 0.665. The summed E-state index contributed by atoms with van der Waals surface area (Å²) in [5, 5.41) is 11.1. The smallest absolute Gasteiger partial charge is 0.0821 e. The van der Waals surface area contributed by atoms with Gasteiger partial charge in [0.1, 0.15) is 0 Å². The molecule has 0 saturated heterocycles. The van der Waals surface area contributed by atoms with Crippen LogP contribution >= 0.6 is 0 Å². The summed E-state index contributed by atoms with van der Waals surface area (Å²) in [4.78, 5) is 0. The highest BCUT2D eigenvalue weighted by Gasteiger charge is 1.99. The van der Waals surface area contributed by atoms with Gasteiger partial charge in [0.05, 0.1) is 12.2 Å². The van der Waals surface area contributed by atoms with Crippen molar-refractivity contribution in [1.82, 2.24) is 10.2 Å². The fourth-order valence-electron chi connectivity index (χ4n) is 1.50. The van der Waals surface area contributed by atoms with Crippen LogP contribution in [-0.4, -0.2) is 10.2 Å². The molecule has 1 aromatic carbocycles. The molecule has 0 aliphatic carbocycles. The van der Waals surface area contributed by atoms with E-state index in [1.54, 1.807) is 6.20 Å². The van der Waals surface area contributed by atoms with Gasteiger partial charge in [0, 0.05) is 17.6 Å². The van der Waals surface area contributed by atoms with E-state index in [0.29, 0.717) is 6.54 Å². The van der Waals surface area contributed by atoms with Crippen molar-refractivity contribution in [2.75, 3.05) is 11.1 Å². The monoisotopic (exact) mass is 214 g/mol. The lowest BCUT2D eigenvalue weighted by molar-refractivity contribution is 0.924. The molecule has 0 fully saturated rings. The minimum Gasteiger partial charge on any atom is -0.399 e. The van der Waals surface area contributed by atoms with Gasteiger partial charge in [0.25, 0.3) is 0 Å². The Bertz CT molecular complexity index is 468. The largest absolute Gasteiger partial charge is 0.399 e. The van der Waals surface area contributed by atoms with Crippen molar-refractivity contribution in [1.29, 1.82) is 0 Å². The Morgan fingerprint density at radius 2 is 2.19 bits per heavy atom. The highest BCUT2D eigenvalue weighted by atomic mass is 15.1. The molecule has 0 aliphatic rings. The van der Waals surface area contributed by atoms with Crippen molar-refractivity contribution in [2.45, 2.75) is 13.5 Å². The van der Waals surface area contributed by atoms with Crippen LogP contribution in [0.2, 0.25) is 0 Å². The molecule has 0 amide bonds. The zero-order valence-corrected chi connectivity index (χ0v) is 9.14. The molecular formula is C12H14N4. The molecule has 0 saturated carbocycles. The van der Waals surface area contributed by atoms with Crippen LogP contribution in [0.3, 0.4) is 0 Å². The molecule has 0 aliphatic heterocycles. The summed E-state index contributed by atoms with van der Waals surface area (Å²) in [6, 6.07) is 9.61. The lowest BCUT2D eigenvalue weighted by atomic mass is 10.2. The molecule has 16 heavy (non-hydrogen) atoms. The van der Waals surface area contributed by atoms with E-state index in [2.05, 4.69) is 15.5 Å². The average Bonchev–Trinajstić information content (AvgIpc) is 2.29. The van der Waals surface area contributed by atoms with E-state index in [1.807, 2.05) is 37.3 Å². The van der Waals surface area contributed by atoms with Gasteiger partial charge in [-0.1, -0.05) is 0 Å². The molecule has 82 valence electrons. The highest BCUT2D eigenvalue weighted by Crippen LogP contribution is 2.17. The number of hydrogen-bond donors (Lipinski definition) is 2. The van der Waals surface area contributed by atoms with E-state index in [9.17, 15) is 0 Å². The second-order valence-electron chi connectivity index (χ2n) is 3.64. The molecule has 4 heteroatoms. The van der Waals surface area contributed by atoms with Crippen LogP contribution in [0, 0.1) is 6.92 Å². The first-order chi connectivity index (χ1) is 7.75. The van der Waals surface area contributed by atoms with E-state index < -0.39 is 0 Å². The molecule has 4 nitrogen and oxygen atoms in total. The number of rotatable bonds is 3. The van der Waals surface area contributed by atoms with Gasteiger partial charge in [-0.2, -0.15) is 10.2 Å². The molecule has 0 bridgehead atoms. The van der Waals surface area contributed by atoms with Gasteiger partial charge in [-0.3, -0.25) is 0 Å². The number of aryl methyl sites for hydroxylation is 1. The Kier molecular flexibility index (Phi) is 3.00. The van der Waals surface area contributed by atoms with Crippen LogP contribution in [0.15, 0.2) is 36.5 Å². The first-order valence-electron chi connectivity index (χ1n) is 5.12. The van der Waals surface area contributed by atoms with E-state index in [0.717, 1.165) is 22.6 Å². The summed E-state index contributed by atoms with van der Waals surface area (Å²) < 4.78 is 0. The van der Waals surface area contributed by atoms with Gasteiger partial charge < -0.3 is 11.1 Å². The first kappa shape index (κ1) is 10.4. The van der Waals surface area contributed by atoms with Gasteiger partial charge >= 0.3 is 0 Å². The maximum atomic E-state index is 5.68. The first-order valence-corrected chi connectivity index (χ1v) is 5.12. The van der Waals surface area contributed by atoms with Gasteiger partial charge in [0.2, 0.25) is 0 Å². The Morgan fingerprint density at radius 3 is 2.88 bits per heavy atom. The number of aromatic nitrogens is 2. The normalized spacial score (nSPS) is 10.1. The van der Waals surface area contributed by atoms with Crippen LogP contribution in [0.25, 0.3) is 0 Å². The van der Waals surface area contributed by atoms with Gasteiger partial charge in [0.15, 0.2) is 0 Å². The van der Waals surface area contributed by atoms with Crippen molar-refractivity contribution in [3.8, 4) is 0 Å². The molecular weight excluding hydrogens is 200 g/mol. The summed E-state index contributed by atoms with van der Waals surface area (Å²) in [7, 11) is 0. The lowest BCUT2D eigenvalue weighted by Gasteiger charge is -2.09. The van der Waals surface area contributed by atoms with E-state index in [-0.39, 0.29) is 0 Å². The summed E-state index contributed by atoms with van der Waals surface area (Å²) in [6.07, 6.45) is 1.66. The maximum Gasteiger partial charge on any atom is 0.0821 e. The molecule has 2 rings (SSSR count). The molecule has 0 atom stereocenters. The number of nitrogens with two attached hydrogens (primary N) is 1. The molecule has 1 heterocycles. The summed E-state index contributed by atoms with van der Waals surface area (Å²) >= 11 is 0. The molecule has 0 unspecified atom stereocenters. The fourth-order valence-corrected chi connectivity index (χ4v) is 1.50. The fraction of sp³-hybridized carbons (Fsp3) is 0.167. The third-order valence-electron chi connectivity index (χ3n) is 2.34. The third kappa shape index (κ3) is 2.48. The Morgan fingerprint density at radius 1 is 1.31 bits per heavy atom. The average molecular weight is 214 g/mol. The van der Waals surface area contributed by atoms with Crippen molar-refractivity contribution >= 4 is 11.4 Å². The molecule has 0 radical (unpaired) electrons. The van der Waals surface area contributed by atoms with Crippen LogP contribution in [0.5, 0.6) is 0 Å². The van der Waals surface area contributed by atoms with Crippen LogP contribution in [0.1, 0.15) is 11.3 Å². The summed E-state index contributed by atoms with van der Waals surface area (Å²) in [5.74, 6) is 0. The van der Waals surface area contributed by atoms with Crippen LogP contribution in [-0.2, 0) is 6.54 Å². The van der Waals surface area contributed by atoms with E-state index in [4.69, 9.17) is 5.73 Å². The Hall–Kier alpha value is -2.10. The standard InChI is InChI=1S/C12H14N4/c1-9-7-10(13)4-5-12(9)14-8-11-3-2-6-15-16-11/h2-7,14H,8,13H2,1H3. The summed E-state index contributed by atoms with van der Waals surface area (Å²) in [6.45, 7) is 2.69. The zero-order chi connectivity index (χ0) is 11.4.